The number of aromatic amines is 2. The van der Waals surface area contributed by atoms with Gasteiger partial charge in [-0.1, -0.05) is 74.5 Å². The van der Waals surface area contributed by atoms with Crippen LogP contribution in [0.5, 0.6) is 5.75 Å². The lowest BCUT2D eigenvalue weighted by Crippen LogP contribution is -2.43. The van der Waals surface area contributed by atoms with Crippen molar-refractivity contribution in [1.29, 1.82) is 0 Å². The highest BCUT2D eigenvalue weighted by atomic mass is 16.5. The molecule has 0 aliphatic carbocycles. The number of hydrogen-bond donors (Lipinski definition) is 4. The van der Waals surface area contributed by atoms with E-state index in [2.05, 4.69) is 77.8 Å². The molecule has 60 heavy (non-hydrogen) atoms. The molecule has 0 saturated carbocycles. The van der Waals surface area contributed by atoms with Crippen LogP contribution in [0.1, 0.15) is 49.9 Å². The van der Waals surface area contributed by atoms with Gasteiger partial charge in [0.05, 0.1) is 58.2 Å². The van der Waals surface area contributed by atoms with Crippen molar-refractivity contribution in [2.75, 3.05) is 41.0 Å². The summed E-state index contributed by atoms with van der Waals surface area (Å²) >= 11 is 0. The quantitative estimate of drug-likeness (QED) is 0.0738. The fourth-order valence-corrected chi connectivity index (χ4v) is 6.87. The van der Waals surface area contributed by atoms with Gasteiger partial charge in [-0.15, -0.1) is 0 Å². The van der Waals surface area contributed by atoms with Crippen molar-refractivity contribution >= 4 is 34.8 Å². The summed E-state index contributed by atoms with van der Waals surface area (Å²) < 4.78 is 14.8. The summed E-state index contributed by atoms with van der Waals surface area (Å²) in [5.41, 5.74) is 6.25. The zero-order chi connectivity index (χ0) is 42.6. The standard InChI is InChI=1S/C45H50N8O7/c1-6-19-52(41(54)26-48-44(56)59-4)27-39-47-25-38(50-39)34-18-17-32-21-31(15-16-33(32)22-34)29-11-13-30(14-12-29)37-24-46-40(49-37)28-53(20-7-2)43(55)42(51-45(57)60-5)35-9-8-10-36(23-35)58-3/h8-18,21-25,42H,6-7,19-20,26-28H2,1-5H3,(H,46,49)(H,47,50)(H,48,56)(H,51,57)/t42-/m1/s1. The van der Waals surface area contributed by atoms with Crippen molar-refractivity contribution in [2.24, 2.45) is 0 Å². The summed E-state index contributed by atoms with van der Waals surface area (Å²) in [6.07, 6.45) is 3.62. The first-order valence-electron chi connectivity index (χ1n) is 19.7. The number of carbonyl (C=O) groups excluding carboxylic acids is 4. The molecule has 15 nitrogen and oxygen atoms in total. The van der Waals surface area contributed by atoms with Crippen LogP contribution in [0.4, 0.5) is 9.59 Å². The lowest BCUT2D eigenvalue weighted by atomic mass is 9.98. The Hall–Kier alpha value is -7.16. The third-order valence-electron chi connectivity index (χ3n) is 9.96. The molecular weight excluding hydrogens is 765 g/mol. The number of hydrogen-bond acceptors (Lipinski definition) is 9. The third-order valence-corrected chi connectivity index (χ3v) is 9.96. The molecule has 4 aromatic carbocycles. The Morgan fingerprint density at radius 3 is 1.87 bits per heavy atom. The molecule has 0 aliphatic heterocycles. The molecule has 312 valence electrons. The molecule has 0 fully saturated rings. The second-order valence-electron chi connectivity index (χ2n) is 14.1. The van der Waals surface area contributed by atoms with Crippen molar-refractivity contribution < 1.29 is 33.4 Å². The Balaban J connectivity index is 1.12. The molecule has 4 amide bonds. The van der Waals surface area contributed by atoms with Gasteiger partial charge in [0.25, 0.3) is 0 Å². The Kier molecular flexibility index (Phi) is 14.2. The minimum Gasteiger partial charge on any atom is -0.497 e. The highest BCUT2D eigenvalue weighted by Gasteiger charge is 2.29. The predicted molar refractivity (Wildman–Crippen MR) is 228 cm³/mol. The summed E-state index contributed by atoms with van der Waals surface area (Å²) in [4.78, 5) is 69.6. The number of nitrogens with zero attached hydrogens (tertiary/aromatic N) is 4. The van der Waals surface area contributed by atoms with E-state index in [1.807, 2.05) is 32.0 Å². The number of nitrogens with one attached hydrogen (secondary N) is 4. The van der Waals surface area contributed by atoms with Crippen LogP contribution in [-0.2, 0) is 32.2 Å². The van der Waals surface area contributed by atoms with Gasteiger partial charge in [0.1, 0.15) is 30.0 Å². The average Bonchev–Trinajstić information content (AvgIpc) is 3.96. The second kappa shape index (κ2) is 20.0. The van der Waals surface area contributed by atoms with Crippen molar-refractivity contribution in [3.8, 4) is 39.4 Å². The summed E-state index contributed by atoms with van der Waals surface area (Å²) in [5.74, 6) is 1.30. The SMILES string of the molecule is CCCN(Cc1ncc(-c2ccc3cc(-c4ccc(-c5cnc(CN(CCC)C(=O)[C@H](NC(=O)OC)c6cccc(OC)c6)[nH]5)cc4)ccc3c2)[nH]1)C(=O)CNC(=O)OC. The van der Waals surface area contributed by atoms with E-state index < -0.39 is 18.2 Å². The van der Waals surface area contributed by atoms with E-state index >= 15 is 0 Å². The zero-order valence-electron chi connectivity index (χ0n) is 34.4. The van der Waals surface area contributed by atoms with Crippen LogP contribution in [0.3, 0.4) is 0 Å². The largest absolute Gasteiger partial charge is 0.497 e. The minimum atomic E-state index is -0.986. The molecule has 0 radical (unpaired) electrons. The number of alkyl carbamates (subject to hydrolysis) is 2. The number of ether oxygens (including phenoxy) is 3. The van der Waals surface area contributed by atoms with Crippen LogP contribution in [0, 0.1) is 0 Å². The normalized spacial score (nSPS) is 11.4. The smallest absolute Gasteiger partial charge is 0.407 e. The number of H-pyrrole nitrogens is 2. The Morgan fingerprint density at radius 2 is 1.23 bits per heavy atom. The lowest BCUT2D eigenvalue weighted by Gasteiger charge is -2.27. The first-order valence-corrected chi connectivity index (χ1v) is 19.7. The first kappa shape index (κ1) is 42.4. The van der Waals surface area contributed by atoms with Gasteiger partial charge in [0.15, 0.2) is 0 Å². The molecule has 15 heteroatoms. The van der Waals surface area contributed by atoms with Crippen LogP contribution in [0.2, 0.25) is 0 Å². The van der Waals surface area contributed by atoms with Gasteiger partial charge in [0.2, 0.25) is 11.8 Å². The third kappa shape index (κ3) is 10.5. The fraction of sp³-hybridized carbons (Fsp3) is 0.289. The zero-order valence-corrected chi connectivity index (χ0v) is 34.4. The second-order valence-corrected chi connectivity index (χ2v) is 14.1. The van der Waals surface area contributed by atoms with Gasteiger partial charge in [-0.2, -0.15) is 0 Å². The summed E-state index contributed by atoms with van der Waals surface area (Å²) in [6, 6.07) is 26.8. The molecule has 6 rings (SSSR count). The fourth-order valence-electron chi connectivity index (χ4n) is 6.87. The highest BCUT2D eigenvalue weighted by Crippen LogP contribution is 2.30. The predicted octanol–water partition coefficient (Wildman–Crippen LogP) is 7.23. The minimum absolute atomic E-state index is 0.154. The molecule has 0 saturated heterocycles. The number of benzene rings is 4. The van der Waals surface area contributed by atoms with Gasteiger partial charge in [-0.3, -0.25) is 9.59 Å². The Morgan fingerprint density at radius 1 is 0.667 bits per heavy atom. The van der Waals surface area contributed by atoms with E-state index in [0.717, 1.165) is 50.8 Å². The summed E-state index contributed by atoms with van der Waals surface area (Å²) in [5, 5.41) is 7.27. The monoisotopic (exact) mass is 814 g/mol. The molecule has 2 aromatic heterocycles. The molecule has 0 unspecified atom stereocenters. The van der Waals surface area contributed by atoms with Crippen LogP contribution < -0.4 is 15.4 Å². The average molecular weight is 815 g/mol. The van der Waals surface area contributed by atoms with Crippen molar-refractivity contribution in [1.82, 2.24) is 40.4 Å². The van der Waals surface area contributed by atoms with Crippen molar-refractivity contribution in [2.45, 2.75) is 45.8 Å². The van der Waals surface area contributed by atoms with Gasteiger partial charge >= 0.3 is 12.2 Å². The van der Waals surface area contributed by atoms with E-state index in [9.17, 15) is 19.2 Å². The van der Waals surface area contributed by atoms with Crippen LogP contribution >= 0.6 is 0 Å². The molecule has 2 heterocycles. The molecule has 0 aliphatic rings. The lowest BCUT2D eigenvalue weighted by molar-refractivity contribution is -0.134. The van der Waals surface area contributed by atoms with Crippen LogP contribution in [0.25, 0.3) is 44.4 Å². The van der Waals surface area contributed by atoms with E-state index in [4.69, 9.17) is 9.47 Å². The molecule has 0 spiro atoms. The van der Waals surface area contributed by atoms with E-state index in [-0.39, 0.29) is 31.4 Å². The molecular formula is C45H50N8O7. The summed E-state index contributed by atoms with van der Waals surface area (Å²) in [6.45, 7) is 5.29. The molecule has 6 aromatic rings. The highest BCUT2D eigenvalue weighted by molar-refractivity contribution is 5.91. The van der Waals surface area contributed by atoms with Crippen molar-refractivity contribution in [3.63, 3.8) is 0 Å². The maximum Gasteiger partial charge on any atom is 0.407 e. The number of rotatable bonds is 17. The van der Waals surface area contributed by atoms with Crippen LogP contribution in [0.15, 0.2) is 97.3 Å². The van der Waals surface area contributed by atoms with Gasteiger partial charge in [-0.05, 0) is 70.1 Å². The molecule has 4 N–H and O–H groups in total. The maximum atomic E-state index is 14.0. The number of carbonyl (C=O) groups is 4. The Bertz CT molecular complexity index is 2430. The topological polar surface area (TPSA) is 184 Å². The Labute approximate surface area is 348 Å². The van der Waals surface area contributed by atoms with Crippen molar-refractivity contribution in [3.05, 3.63) is 115 Å². The van der Waals surface area contributed by atoms with E-state index in [0.29, 0.717) is 42.5 Å². The molecule has 0 bridgehead atoms. The van der Waals surface area contributed by atoms with Gasteiger partial charge in [0, 0.05) is 18.7 Å². The molecule has 1 atom stereocenters. The van der Waals surface area contributed by atoms with Gasteiger partial charge in [-0.25, -0.2) is 19.6 Å². The number of aromatic nitrogens is 4. The van der Waals surface area contributed by atoms with E-state index in [1.54, 1.807) is 53.6 Å². The van der Waals surface area contributed by atoms with Gasteiger partial charge < -0.3 is 44.6 Å². The number of fused-ring (bicyclic) bond motifs is 1. The van der Waals surface area contributed by atoms with E-state index in [1.165, 1.54) is 14.2 Å². The number of methoxy groups -OCH3 is 3. The summed E-state index contributed by atoms with van der Waals surface area (Å²) in [7, 11) is 4.06. The van der Waals surface area contributed by atoms with Crippen LogP contribution in [-0.4, -0.2) is 94.7 Å². The number of imidazole rings is 2. The first-order chi connectivity index (χ1) is 29.1. The number of amides is 4. The maximum absolute atomic E-state index is 14.0.